The molecule has 1 amide bonds. The van der Waals surface area contributed by atoms with E-state index < -0.39 is 23.6 Å². The number of anilines is 1. The van der Waals surface area contributed by atoms with Crippen LogP contribution in [-0.4, -0.2) is 25.7 Å². The number of carbonyl (C=O) groups excluding carboxylic acids is 1. The Kier molecular flexibility index (Phi) is 5.03. The second-order valence-electron chi connectivity index (χ2n) is 9.18. The maximum atomic E-state index is 15.2. The summed E-state index contributed by atoms with van der Waals surface area (Å²) >= 11 is 0. The SMILES string of the molecule is CC(C)Cc1nc2cc(N3C(=O)C(C)C3c3c(F)cc(-c4cnn(C)c4)cc3F)ccc2[nH]1. The Morgan fingerprint density at radius 1 is 1.12 bits per heavy atom. The highest BCUT2D eigenvalue weighted by Crippen LogP contribution is 2.46. The number of amides is 1. The van der Waals surface area contributed by atoms with Gasteiger partial charge in [-0.15, -0.1) is 0 Å². The lowest BCUT2D eigenvalue weighted by atomic mass is 9.82. The lowest BCUT2D eigenvalue weighted by Crippen LogP contribution is -2.54. The highest BCUT2D eigenvalue weighted by Gasteiger charge is 2.48. The molecule has 170 valence electrons. The maximum absolute atomic E-state index is 15.2. The van der Waals surface area contributed by atoms with Crippen molar-refractivity contribution in [2.24, 2.45) is 18.9 Å². The van der Waals surface area contributed by atoms with Gasteiger partial charge in [-0.3, -0.25) is 9.48 Å². The predicted molar refractivity (Wildman–Crippen MR) is 123 cm³/mol. The lowest BCUT2D eigenvalue weighted by Gasteiger charge is -2.46. The Labute approximate surface area is 190 Å². The highest BCUT2D eigenvalue weighted by molar-refractivity contribution is 6.04. The number of β-lactam (4-membered cyclic amide) rings is 1. The molecule has 5 rings (SSSR count). The van der Waals surface area contributed by atoms with Crippen LogP contribution in [0.25, 0.3) is 22.2 Å². The van der Waals surface area contributed by atoms with Crippen LogP contribution in [0.4, 0.5) is 14.5 Å². The third kappa shape index (κ3) is 3.59. The third-order valence-electron chi connectivity index (χ3n) is 6.19. The molecule has 0 aliphatic carbocycles. The van der Waals surface area contributed by atoms with Crippen molar-refractivity contribution in [2.45, 2.75) is 33.2 Å². The summed E-state index contributed by atoms with van der Waals surface area (Å²) in [6.07, 6.45) is 4.07. The van der Waals surface area contributed by atoms with Gasteiger partial charge in [0.2, 0.25) is 5.91 Å². The fourth-order valence-corrected chi connectivity index (χ4v) is 4.58. The standard InChI is InChI=1S/C25H25F2N5O/c1-13(2)7-22-29-20-6-5-17(10-21(20)30-22)32-24(14(3)25(32)33)23-18(26)8-15(9-19(23)27)16-11-28-31(4)12-16/h5-6,8-14,24H,7H2,1-4H3,(H,29,30). The smallest absolute Gasteiger partial charge is 0.232 e. The van der Waals surface area contributed by atoms with Crippen molar-refractivity contribution in [1.82, 2.24) is 19.7 Å². The van der Waals surface area contributed by atoms with E-state index in [1.54, 1.807) is 43.2 Å². The maximum Gasteiger partial charge on any atom is 0.232 e. The fourth-order valence-electron chi connectivity index (χ4n) is 4.58. The van der Waals surface area contributed by atoms with Crippen LogP contribution < -0.4 is 4.90 Å². The summed E-state index contributed by atoms with van der Waals surface area (Å²) in [5.41, 5.74) is 3.10. The molecular formula is C25H25F2N5O. The quantitative estimate of drug-likeness (QED) is 0.428. The van der Waals surface area contributed by atoms with Crippen molar-refractivity contribution in [2.75, 3.05) is 4.90 Å². The van der Waals surface area contributed by atoms with Gasteiger partial charge in [0, 0.05) is 36.5 Å². The zero-order chi connectivity index (χ0) is 23.4. The number of carbonyl (C=O) groups is 1. The molecule has 1 aliphatic heterocycles. The Morgan fingerprint density at radius 2 is 1.85 bits per heavy atom. The summed E-state index contributed by atoms with van der Waals surface area (Å²) in [4.78, 5) is 22.2. The van der Waals surface area contributed by atoms with Gasteiger partial charge in [-0.2, -0.15) is 5.10 Å². The second kappa shape index (κ2) is 7.79. The highest BCUT2D eigenvalue weighted by atomic mass is 19.1. The molecule has 0 saturated carbocycles. The van der Waals surface area contributed by atoms with E-state index in [0.717, 1.165) is 23.3 Å². The summed E-state index contributed by atoms with van der Waals surface area (Å²) in [6.45, 7) is 5.93. The number of aromatic nitrogens is 4. The van der Waals surface area contributed by atoms with Crippen molar-refractivity contribution in [3.05, 3.63) is 65.7 Å². The number of aromatic amines is 1. The minimum Gasteiger partial charge on any atom is -0.342 e. The Bertz CT molecular complexity index is 1350. The summed E-state index contributed by atoms with van der Waals surface area (Å²) in [5, 5.41) is 4.06. The van der Waals surface area contributed by atoms with E-state index in [4.69, 9.17) is 0 Å². The molecular weight excluding hydrogens is 424 g/mol. The first-order chi connectivity index (χ1) is 15.7. The van der Waals surface area contributed by atoms with E-state index in [2.05, 4.69) is 28.9 Å². The molecule has 33 heavy (non-hydrogen) atoms. The minimum atomic E-state index is -0.730. The van der Waals surface area contributed by atoms with Crippen molar-refractivity contribution < 1.29 is 13.6 Å². The molecule has 2 aromatic heterocycles. The van der Waals surface area contributed by atoms with Crippen LogP contribution in [0.1, 0.15) is 38.2 Å². The molecule has 4 aromatic rings. The van der Waals surface area contributed by atoms with E-state index in [1.807, 2.05) is 6.07 Å². The van der Waals surface area contributed by atoms with E-state index >= 15 is 8.78 Å². The number of imidazole rings is 1. The van der Waals surface area contributed by atoms with Crippen molar-refractivity contribution in [1.29, 1.82) is 0 Å². The van der Waals surface area contributed by atoms with E-state index in [9.17, 15) is 4.79 Å². The minimum absolute atomic E-state index is 0.0997. The average Bonchev–Trinajstić information content (AvgIpc) is 3.36. The summed E-state index contributed by atoms with van der Waals surface area (Å²) in [7, 11) is 1.74. The molecule has 3 heterocycles. The fraction of sp³-hybridized carbons (Fsp3) is 0.320. The lowest BCUT2D eigenvalue weighted by molar-refractivity contribution is -0.129. The molecule has 1 N–H and O–H groups in total. The van der Waals surface area contributed by atoms with Gasteiger partial charge in [0.05, 0.1) is 29.2 Å². The van der Waals surface area contributed by atoms with E-state index in [0.29, 0.717) is 22.7 Å². The van der Waals surface area contributed by atoms with Gasteiger partial charge in [0.15, 0.2) is 0 Å². The van der Waals surface area contributed by atoms with Gasteiger partial charge >= 0.3 is 0 Å². The Balaban J connectivity index is 1.52. The van der Waals surface area contributed by atoms with Gasteiger partial charge in [0.1, 0.15) is 17.5 Å². The van der Waals surface area contributed by atoms with E-state index in [-0.39, 0.29) is 11.5 Å². The van der Waals surface area contributed by atoms with Gasteiger partial charge < -0.3 is 9.88 Å². The van der Waals surface area contributed by atoms with Crippen LogP contribution in [0.3, 0.4) is 0 Å². The number of benzene rings is 2. The molecule has 1 fully saturated rings. The van der Waals surface area contributed by atoms with Gasteiger partial charge in [-0.25, -0.2) is 13.8 Å². The van der Waals surface area contributed by atoms with Crippen molar-refractivity contribution >= 4 is 22.6 Å². The molecule has 0 radical (unpaired) electrons. The summed E-state index contributed by atoms with van der Waals surface area (Å²) < 4.78 is 32.0. The molecule has 2 atom stereocenters. The summed E-state index contributed by atoms with van der Waals surface area (Å²) in [5.74, 6) is -0.739. The number of aryl methyl sites for hydroxylation is 1. The summed E-state index contributed by atoms with van der Waals surface area (Å²) in [6, 6.07) is 7.32. The first-order valence-corrected chi connectivity index (χ1v) is 11.0. The first-order valence-electron chi connectivity index (χ1n) is 11.0. The van der Waals surface area contributed by atoms with Gasteiger partial charge in [-0.05, 0) is 41.8 Å². The van der Waals surface area contributed by atoms with Crippen LogP contribution in [0.2, 0.25) is 0 Å². The van der Waals surface area contributed by atoms with Crippen LogP contribution in [0, 0.1) is 23.5 Å². The zero-order valence-corrected chi connectivity index (χ0v) is 18.9. The predicted octanol–water partition coefficient (Wildman–Crippen LogP) is 5.16. The normalized spacial score (nSPS) is 18.4. The molecule has 0 spiro atoms. The molecule has 6 nitrogen and oxygen atoms in total. The number of rotatable bonds is 5. The van der Waals surface area contributed by atoms with Crippen LogP contribution in [0.5, 0.6) is 0 Å². The topological polar surface area (TPSA) is 66.8 Å². The molecule has 0 bridgehead atoms. The number of nitrogens with zero attached hydrogens (tertiary/aromatic N) is 4. The van der Waals surface area contributed by atoms with Crippen molar-refractivity contribution in [3.63, 3.8) is 0 Å². The van der Waals surface area contributed by atoms with Gasteiger partial charge in [0.25, 0.3) is 0 Å². The largest absolute Gasteiger partial charge is 0.342 e. The number of halogens is 2. The van der Waals surface area contributed by atoms with E-state index in [1.165, 1.54) is 17.0 Å². The van der Waals surface area contributed by atoms with Crippen molar-refractivity contribution in [3.8, 4) is 11.1 Å². The molecule has 2 aromatic carbocycles. The monoisotopic (exact) mass is 449 g/mol. The van der Waals surface area contributed by atoms with Gasteiger partial charge in [-0.1, -0.05) is 20.8 Å². The number of fused-ring (bicyclic) bond motifs is 1. The van der Waals surface area contributed by atoms with Crippen LogP contribution in [-0.2, 0) is 18.3 Å². The first kappa shape index (κ1) is 21.3. The molecule has 2 unspecified atom stereocenters. The number of H-pyrrole nitrogens is 1. The Morgan fingerprint density at radius 3 is 2.48 bits per heavy atom. The number of hydrogen-bond donors (Lipinski definition) is 1. The zero-order valence-electron chi connectivity index (χ0n) is 18.9. The van der Waals surface area contributed by atoms with Crippen LogP contribution >= 0.6 is 0 Å². The third-order valence-corrected chi connectivity index (χ3v) is 6.19. The molecule has 8 heteroatoms. The number of hydrogen-bond acceptors (Lipinski definition) is 3. The Hall–Kier alpha value is -3.55. The second-order valence-corrected chi connectivity index (χ2v) is 9.18. The molecule has 1 saturated heterocycles. The molecule has 1 aliphatic rings. The van der Waals surface area contributed by atoms with Crippen LogP contribution in [0.15, 0.2) is 42.7 Å². The number of nitrogens with one attached hydrogen (secondary N) is 1. The average molecular weight is 450 g/mol.